The Morgan fingerprint density at radius 3 is 2.43 bits per heavy atom. The number of aliphatic hydroxyl groups is 1. The van der Waals surface area contributed by atoms with E-state index >= 15 is 0 Å². The van der Waals surface area contributed by atoms with Gasteiger partial charge in [0.15, 0.2) is 0 Å². The third-order valence-corrected chi connectivity index (χ3v) is 6.40. The van der Waals surface area contributed by atoms with E-state index in [1.807, 2.05) is 6.92 Å². The molecule has 3 atom stereocenters. The maximum atomic E-state index is 12.2. The highest BCUT2D eigenvalue weighted by atomic mass is 16.7. The molecule has 0 saturated heterocycles. The van der Waals surface area contributed by atoms with E-state index in [4.69, 9.17) is 4.74 Å². The summed E-state index contributed by atoms with van der Waals surface area (Å²) in [6.45, 7) is 6.34. The Hall–Kier alpha value is -1.81. The minimum absolute atomic E-state index is 0.0390. The van der Waals surface area contributed by atoms with E-state index in [0.717, 1.165) is 18.4 Å². The van der Waals surface area contributed by atoms with Crippen LogP contribution >= 0.6 is 0 Å². The van der Waals surface area contributed by atoms with Gasteiger partial charge in [-0.05, 0) is 47.9 Å². The molecule has 3 rings (SSSR count). The zero-order valence-corrected chi connectivity index (χ0v) is 13.9. The van der Waals surface area contributed by atoms with Crippen molar-refractivity contribution in [2.75, 3.05) is 0 Å². The van der Waals surface area contributed by atoms with Crippen LogP contribution in [-0.2, 0) is 9.53 Å². The maximum Gasteiger partial charge on any atom is 0.333 e. The molecule has 2 saturated carbocycles. The fourth-order valence-corrected chi connectivity index (χ4v) is 4.32. The molecule has 1 aromatic carbocycles. The van der Waals surface area contributed by atoms with Crippen LogP contribution in [-0.4, -0.2) is 22.0 Å². The van der Waals surface area contributed by atoms with Crippen LogP contribution in [0.25, 0.3) is 6.08 Å². The van der Waals surface area contributed by atoms with Gasteiger partial charge in [0.1, 0.15) is 5.75 Å². The molecule has 0 aliphatic heterocycles. The monoisotopic (exact) mass is 316 g/mol. The van der Waals surface area contributed by atoms with Gasteiger partial charge in [-0.3, -0.25) is 0 Å². The molecular formula is C19H24O4. The minimum Gasteiger partial charge on any atom is -0.508 e. The van der Waals surface area contributed by atoms with Crippen LogP contribution in [0.15, 0.2) is 30.3 Å². The predicted molar refractivity (Wildman–Crippen MR) is 87.4 cm³/mol. The molecule has 124 valence electrons. The first-order valence-electron chi connectivity index (χ1n) is 8.10. The molecule has 1 aromatic rings. The Morgan fingerprint density at radius 1 is 1.26 bits per heavy atom. The van der Waals surface area contributed by atoms with Crippen molar-refractivity contribution in [3.63, 3.8) is 0 Å². The topological polar surface area (TPSA) is 66.8 Å². The number of aromatic hydroxyl groups is 1. The number of carbonyl (C=O) groups excluding carboxylic acids is 1. The summed E-state index contributed by atoms with van der Waals surface area (Å²) in [5, 5.41) is 20.2. The Labute approximate surface area is 136 Å². The minimum atomic E-state index is -1.39. The summed E-state index contributed by atoms with van der Waals surface area (Å²) in [6, 6.07) is 6.52. The zero-order chi connectivity index (χ0) is 16.9. The average molecular weight is 316 g/mol. The summed E-state index contributed by atoms with van der Waals surface area (Å²) in [5.74, 6) is -1.37. The van der Waals surface area contributed by atoms with E-state index in [1.54, 1.807) is 30.3 Å². The summed E-state index contributed by atoms with van der Waals surface area (Å²) >= 11 is 0. The molecule has 4 heteroatoms. The van der Waals surface area contributed by atoms with Crippen LogP contribution in [0.5, 0.6) is 5.75 Å². The highest BCUT2D eigenvalue weighted by molar-refractivity contribution is 5.87. The lowest BCUT2D eigenvalue weighted by Gasteiger charge is -2.43. The van der Waals surface area contributed by atoms with Gasteiger partial charge < -0.3 is 14.9 Å². The fraction of sp³-hybridized carbons (Fsp3) is 0.526. The van der Waals surface area contributed by atoms with Crippen molar-refractivity contribution in [3.8, 4) is 5.75 Å². The van der Waals surface area contributed by atoms with Gasteiger partial charge in [-0.1, -0.05) is 32.9 Å². The van der Waals surface area contributed by atoms with E-state index in [9.17, 15) is 15.0 Å². The number of esters is 1. The molecule has 0 radical (unpaired) electrons. The summed E-state index contributed by atoms with van der Waals surface area (Å²) in [5.41, 5.74) is 0.335. The number of hydrogen-bond donors (Lipinski definition) is 2. The molecule has 2 bridgehead atoms. The second-order valence-corrected chi connectivity index (χ2v) is 7.62. The highest BCUT2D eigenvalue weighted by Gasteiger charge is 2.70. The first kappa shape index (κ1) is 16.1. The molecule has 23 heavy (non-hydrogen) atoms. The molecule has 2 fully saturated rings. The van der Waals surface area contributed by atoms with Crippen molar-refractivity contribution < 1.29 is 19.7 Å². The molecule has 0 aromatic heterocycles. The Balaban J connectivity index is 1.72. The second kappa shape index (κ2) is 5.10. The first-order valence-corrected chi connectivity index (χ1v) is 8.10. The van der Waals surface area contributed by atoms with Crippen molar-refractivity contribution >= 4 is 12.0 Å². The van der Waals surface area contributed by atoms with Crippen LogP contribution in [0.3, 0.4) is 0 Å². The van der Waals surface area contributed by atoms with Crippen molar-refractivity contribution in [1.29, 1.82) is 0 Å². The van der Waals surface area contributed by atoms with Gasteiger partial charge in [0.25, 0.3) is 0 Å². The normalized spacial score (nSPS) is 34.9. The molecule has 2 N–H and O–H groups in total. The molecule has 2 aliphatic rings. The lowest BCUT2D eigenvalue weighted by Crippen LogP contribution is -2.50. The number of benzene rings is 1. The van der Waals surface area contributed by atoms with Gasteiger partial charge in [0, 0.05) is 17.9 Å². The maximum absolute atomic E-state index is 12.2. The third kappa shape index (κ3) is 2.36. The van der Waals surface area contributed by atoms with E-state index in [-0.39, 0.29) is 11.2 Å². The first-order chi connectivity index (χ1) is 10.7. The van der Waals surface area contributed by atoms with Crippen molar-refractivity contribution in [3.05, 3.63) is 35.9 Å². The highest BCUT2D eigenvalue weighted by Crippen LogP contribution is 2.69. The number of ether oxygens (including phenoxy) is 1. The summed E-state index contributed by atoms with van der Waals surface area (Å²) in [6.07, 6.45) is 5.40. The van der Waals surface area contributed by atoms with Crippen molar-refractivity contribution in [1.82, 2.24) is 0 Å². The summed E-state index contributed by atoms with van der Waals surface area (Å²) < 4.78 is 5.50. The number of phenolic OH excluding ortho intramolecular Hbond substituents is 1. The largest absolute Gasteiger partial charge is 0.508 e. The van der Waals surface area contributed by atoms with E-state index in [2.05, 4.69) is 13.8 Å². The van der Waals surface area contributed by atoms with Crippen LogP contribution in [0.2, 0.25) is 0 Å². The molecule has 0 spiro atoms. The summed E-state index contributed by atoms with van der Waals surface area (Å²) in [4.78, 5) is 12.2. The van der Waals surface area contributed by atoms with Crippen LogP contribution in [0.4, 0.5) is 0 Å². The Bertz CT molecular complexity index is 646. The van der Waals surface area contributed by atoms with Gasteiger partial charge in [-0.15, -0.1) is 0 Å². The van der Waals surface area contributed by atoms with E-state index in [1.165, 1.54) is 6.08 Å². The van der Waals surface area contributed by atoms with Gasteiger partial charge in [0.05, 0.1) is 0 Å². The standard InChI is InChI=1S/C19H24O4/c1-17(2)14-10-11-18(17,3)19(22,12-14)23-16(21)9-6-13-4-7-15(20)8-5-13/h4-9,14,20,22H,10-12H2,1-3H3/b9-6+/t14-,18-,19+/m1/s1. The Morgan fingerprint density at radius 2 is 1.91 bits per heavy atom. The third-order valence-electron chi connectivity index (χ3n) is 6.40. The van der Waals surface area contributed by atoms with Gasteiger partial charge in [-0.25, -0.2) is 4.79 Å². The lowest BCUT2D eigenvalue weighted by molar-refractivity contribution is -0.257. The quantitative estimate of drug-likeness (QED) is 0.509. The van der Waals surface area contributed by atoms with Crippen LogP contribution < -0.4 is 0 Å². The number of rotatable bonds is 3. The fourth-order valence-electron chi connectivity index (χ4n) is 4.32. The predicted octanol–water partition coefficient (Wildman–Crippen LogP) is 3.48. The van der Waals surface area contributed by atoms with Crippen LogP contribution in [0.1, 0.15) is 45.6 Å². The van der Waals surface area contributed by atoms with Crippen molar-refractivity contribution in [2.24, 2.45) is 16.7 Å². The molecule has 0 amide bonds. The Kier molecular flexibility index (Phi) is 3.56. The number of carbonyl (C=O) groups is 1. The van der Waals surface area contributed by atoms with Crippen LogP contribution in [0, 0.1) is 16.7 Å². The van der Waals surface area contributed by atoms with E-state index < -0.39 is 17.2 Å². The average Bonchev–Trinajstić information content (AvgIpc) is 2.78. The molecule has 0 unspecified atom stereocenters. The number of hydrogen-bond acceptors (Lipinski definition) is 4. The van der Waals surface area contributed by atoms with Crippen molar-refractivity contribution in [2.45, 2.75) is 45.8 Å². The second-order valence-electron chi connectivity index (χ2n) is 7.62. The molecular weight excluding hydrogens is 292 g/mol. The molecule has 0 heterocycles. The lowest BCUT2D eigenvalue weighted by atomic mass is 9.68. The van der Waals surface area contributed by atoms with E-state index in [0.29, 0.717) is 12.3 Å². The summed E-state index contributed by atoms with van der Waals surface area (Å²) in [7, 11) is 0. The molecule has 4 nitrogen and oxygen atoms in total. The number of fused-ring (bicyclic) bond motifs is 2. The SMILES string of the molecule is CC1(C)[C@@H]2CC[C@@]1(C)[C@@](O)(OC(=O)/C=C/c1ccc(O)cc1)C2. The van der Waals surface area contributed by atoms with Gasteiger partial charge in [0.2, 0.25) is 5.79 Å². The zero-order valence-electron chi connectivity index (χ0n) is 13.9. The van der Waals surface area contributed by atoms with Gasteiger partial charge >= 0.3 is 5.97 Å². The number of phenols is 1. The van der Waals surface area contributed by atoms with Gasteiger partial charge in [-0.2, -0.15) is 0 Å². The molecule has 2 aliphatic carbocycles. The smallest absolute Gasteiger partial charge is 0.333 e.